The monoisotopic (exact) mass is 709 g/mol. The summed E-state index contributed by atoms with van der Waals surface area (Å²) < 4.78 is -2.21. The van der Waals surface area contributed by atoms with E-state index in [1.807, 2.05) is 0 Å². The number of halogens is 1. The Balaban J connectivity index is 2.15. The summed E-state index contributed by atoms with van der Waals surface area (Å²) in [6.07, 6.45) is 0.139. The predicted octanol–water partition coefficient (Wildman–Crippen LogP) is 1.85. The number of amides is 4. The molecule has 8 N–H and O–H groups in total. The number of aromatic hydroxyl groups is 1. The molecule has 12 nitrogen and oxygen atoms in total. The number of hydrogen-bond acceptors (Lipinski definition) is 9. The highest BCUT2D eigenvalue weighted by atomic mass is 35.5. The Labute approximate surface area is 290 Å². The molecule has 4 amide bonds. The zero-order valence-corrected chi connectivity index (χ0v) is 29.7. The van der Waals surface area contributed by atoms with E-state index in [4.69, 9.17) is 17.3 Å². The van der Waals surface area contributed by atoms with Gasteiger partial charge in [-0.3, -0.25) is 19.2 Å². The minimum atomic E-state index is -1.38. The van der Waals surface area contributed by atoms with E-state index in [2.05, 4.69) is 46.5 Å². The van der Waals surface area contributed by atoms with Gasteiger partial charge in [-0.25, -0.2) is 4.79 Å². The molecule has 0 aromatic heterocycles. The van der Waals surface area contributed by atoms with Crippen LogP contribution in [0.15, 0.2) is 36.4 Å². The third-order valence-corrected chi connectivity index (χ3v) is 8.13. The van der Waals surface area contributed by atoms with Crippen molar-refractivity contribution in [1.29, 1.82) is 0 Å². The molecule has 0 unspecified atom stereocenters. The van der Waals surface area contributed by atoms with Crippen molar-refractivity contribution in [3.8, 4) is 5.75 Å². The number of aryl methyl sites for hydroxylation is 2. The Morgan fingerprint density at radius 1 is 0.830 bits per heavy atom. The van der Waals surface area contributed by atoms with Crippen LogP contribution in [-0.2, 0) is 36.8 Å². The summed E-state index contributed by atoms with van der Waals surface area (Å²) in [6, 6.07) is 4.83. The number of carboxylic acids is 1. The van der Waals surface area contributed by atoms with Crippen molar-refractivity contribution in [2.45, 2.75) is 88.0 Å². The zero-order valence-electron chi connectivity index (χ0n) is 27.2. The molecule has 0 fully saturated rings. The van der Waals surface area contributed by atoms with Crippen LogP contribution in [-0.4, -0.2) is 80.0 Å². The van der Waals surface area contributed by atoms with Crippen LogP contribution < -0.4 is 27.0 Å². The van der Waals surface area contributed by atoms with Gasteiger partial charge < -0.3 is 37.2 Å². The summed E-state index contributed by atoms with van der Waals surface area (Å²) in [4.78, 5) is 64.4. The van der Waals surface area contributed by atoms with Gasteiger partial charge in [-0.15, -0.1) is 0 Å². The molecule has 15 heteroatoms. The van der Waals surface area contributed by atoms with Gasteiger partial charge in [0.2, 0.25) is 23.6 Å². The van der Waals surface area contributed by atoms with Crippen molar-refractivity contribution in [2.24, 2.45) is 5.73 Å². The molecule has 0 radical (unpaired) electrons. The van der Waals surface area contributed by atoms with E-state index in [-0.39, 0.29) is 18.6 Å². The molecule has 0 spiro atoms. The smallest absolute Gasteiger partial charge is 0.327 e. The third-order valence-electron chi connectivity index (χ3n) is 7.36. The maximum absolute atomic E-state index is 13.2. The number of hydrogen-bond donors (Lipinski definition) is 9. The van der Waals surface area contributed by atoms with E-state index in [1.54, 1.807) is 64.1 Å². The van der Waals surface area contributed by atoms with Crippen molar-refractivity contribution in [1.82, 2.24) is 21.3 Å². The molecule has 2 aromatic carbocycles. The predicted molar refractivity (Wildman–Crippen MR) is 187 cm³/mol. The second-order valence-corrected chi connectivity index (χ2v) is 15.3. The second kappa shape index (κ2) is 16.6. The second-order valence-electron chi connectivity index (χ2n) is 12.6. The fourth-order valence-electron chi connectivity index (χ4n) is 4.78. The van der Waals surface area contributed by atoms with Crippen LogP contribution in [0.3, 0.4) is 0 Å². The number of carboxylic acid groups (broad SMARTS) is 1. The normalized spacial score (nSPS) is 14.3. The summed E-state index contributed by atoms with van der Waals surface area (Å²) in [5, 5.41) is 30.0. The van der Waals surface area contributed by atoms with Gasteiger partial charge in [0, 0.05) is 20.9 Å². The highest BCUT2D eigenvalue weighted by Gasteiger charge is 2.37. The molecule has 0 saturated heterocycles. The lowest BCUT2D eigenvalue weighted by molar-refractivity contribution is -0.143. The molecule has 0 heterocycles. The SMILES string of the molecule is Cc1cc(O)cc(C)c1C[C@H](N)C(=O)N[C@@H](C(=O)NCC(=O)N[C@H](Cc1ccc(Cl)cc1)C(=O)N[C@@H](C(=O)O)C(C)(C)S)C(C)(C)S. The molecular formula is C32H44ClN5O7S2. The molecule has 47 heavy (non-hydrogen) atoms. The maximum Gasteiger partial charge on any atom is 0.327 e. The molecule has 0 aliphatic heterocycles. The van der Waals surface area contributed by atoms with E-state index in [0.717, 1.165) is 16.7 Å². The van der Waals surface area contributed by atoms with Crippen LogP contribution in [0.25, 0.3) is 0 Å². The molecule has 258 valence electrons. The van der Waals surface area contributed by atoms with E-state index in [9.17, 15) is 34.2 Å². The molecule has 2 aromatic rings. The van der Waals surface area contributed by atoms with Crippen molar-refractivity contribution in [3.05, 3.63) is 63.7 Å². The number of carbonyl (C=O) groups is 5. The molecule has 2 rings (SSSR count). The van der Waals surface area contributed by atoms with E-state index >= 15 is 0 Å². The molecule has 4 atom stereocenters. The standard InChI is InChI=1S/C32H44ClN5O7S2/c1-16-11-20(39)12-17(2)21(16)14-22(34)27(41)37-25(31(3,4)46)29(43)35-15-24(40)36-23(13-18-7-9-19(33)10-8-18)28(42)38-26(30(44)45)32(5,6)47/h7-12,22-23,25-26,39,46-47H,13-15,34H2,1-6H3,(H,35,43)(H,36,40)(H,37,41)(H,38,42)(H,44,45)/t22-,23+,25-,26-/m0/s1. The number of nitrogens with two attached hydrogens (primary N) is 1. The van der Waals surface area contributed by atoms with Gasteiger partial charge in [0.1, 0.15) is 23.9 Å². The van der Waals surface area contributed by atoms with Crippen molar-refractivity contribution < 1.29 is 34.2 Å². The Bertz CT molecular complexity index is 1450. The highest BCUT2D eigenvalue weighted by Crippen LogP contribution is 2.23. The average Bonchev–Trinajstić information content (AvgIpc) is 2.94. The van der Waals surface area contributed by atoms with Gasteiger partial charge >= 0.3 is 5.97 Å². The van der Waals surface area contributed by atoms with Crippen LogP contribution in [0.4, 0.5) is 0 Å². The van der Waals surface area contributed by atoms with Gasteiger partial charge in [-0.2, -0.15) is 25.3 Å². The van der Waals surface area contributed by atoms with E-state index in [0.29, 0.717) is 10.6 Å². The minimum absolute atomic E-state index is 0.0117. The first-order valence-electron chi connectivity index (χ1n) is 14.7. The summed E-state index contributed by atoms with van der Waals surface area (Å²) in [7, 11) is 0. The number of phenolic OH excluding ortho intramolecular Hbond substituents is 1. The maximum atomic E-state index is 13.2. The quantitative estimate of drug-likeness (QED) is 0.125. The highest BCUT2D eigenvalue weighted by molar-refractivity contribution is 7.82. The van der Waals surface area contributed by atoms with E-state index in [1.165, 1.54) is 13.8 Å². The molecule has 0 aliphatic carbocycles. The van der Waals surface area contributed by atoms with Crippen molar-refractivity contribution >= 4 is 66.5 Å². The van der Waals surface area contributed by atoms with Gasteiger partial charge in [0.05, 0.1) is 12.6 Å². The fourth-order valence-corrected chi connectivity index (χ4v) is 5.26. The molecular weight excluding hydrogens is 666 g/mol. The van der Waals surface area contributed by atoms with Gasteiger partial charge in [0.25, 0.3) is 0 Å². The van der Waals surface area contributed by atoms with Gasteiger partial charge in [0.15, 0.2) is 0 Å². The first-order valence-corrected chi connectivity index (χ1v) is 16.0. The van der Waals surface area contributed by atoms with Gasteiger partial charge in [-0.1, -0.05) is 23.7 Å². The summed E-state index contributed by atoms with van der Waals surface area (Å²) in [6.45, 7) is 9.28. The zero-order chi connectivity index (χ0) is 35.9. The van der Waals surface area contributed by atoms with E-state index < -0.39 is 69.8 Å². The average molecular weight is 710 g/mol. The fraction of sp³-hybridized carbons (Fsp3) is 0.469. The lowest BCUT2D eigenvalue weighted by atomic mass is 9.95. The molecule has 0 bridgehead atoms. The Hall–Kier alpha value is -3.46. The van der Waals surface area contributed by atoms with Crippen LogP contribution in [0, 0.1) is 13.8 Å². The third kappa shape index (κ3) is 12.3. The summed E-state index contributed by atoms with van der Waals surface area (Å²) >= 11 is 14.7. The Kier molecular flexibility index (Phi) is 14.0. The van der Waals surface area contributed by atoms with Gasteiger partial charge in [-0.05, 0) is 94.5 Å². The summed E-state index contributed by atoms with van der Waals surface area (Å²) in [5.74, 6) is -4.08. The minimum Gasteiger partial charge on any atom is -0.508 e. The van der Waals surface area contributed by atoms with Crippen LogP contribution in [0.2, 0.25) is 5.02 Å². The van der Waals surface area contributed by atoms with Crippen LogP contribution in [0.5, 0.6) is 5.75 Å². The number of benzene rings is 2. The number of carbonyl (C=O) groups excluding carboxylic acids is 4. The number of phenols is 1. The Morgan fingerprint density at radius 2 is 1.34 bits per heavy atom. The molecule has 0 saturated carbocycles. The number of aliphatic carboxylic acids is 1. The first kappa shape index (κ1) is 39.7. The lowest BCUT2D eigenvalue weighted by Crippen LogP contribution is -2.60. The first-order chi connectivity index (χ1) is 21.6. The Morgan fingerprint density at radius 3 is 1.83 bits per heavy atom. The van der Waals surface area contributed by atoms with Crippen molar-refractivity contribution in [2.75, 3.05) is 6.54 Å². The number of rotatable bonds is 15. The topological polar surface area (TPSA) is 200 Å². The largest absolute Gasteiger partial charge is 0.508 e. The van der Waals surface area contributed by atoms with Crippen LogP contribution >= 0.6 is 36.9 Å². The molecule has 0 aliphatic rings. The summed E-state index contributed by atoms with van der Waals surface area (Å²) in [5.41, 5.74) is 9.13. The lowest BCUT2D eigenvalue weighted by Gasteiger charge is -2.31. The number of thiol groups is 2. The number of nitrogens with one attached hydrogen (secondary N) is 4. The van der Waals surface area contributed by atoms with Crippen LogP contribution in [0.1, 0.15) is 49.9 Å². The van der Waals surface area contributed by atoms with Crippen molar-refractivity contribution in [3.63, 3.8) is 0 Å².